The number of fused-ring (bicyclic) bond motifs is 1. The van der Waals surface area contributed by atoms with Gasteiger partial charge in [-0.05, 0) is 55.7 Å². The van der Waals surface area contributed by atoms with Crippen molar-refractivity contribution >= 4 is 0 Å². The normalized spacial score (nSPS) is 25.2. The molecule has 1 N–H and O–H groups in total. The molecule has 110 valence electrons. The van der Waals surface area contributed by atoms with Gasteiger partial charge in [0.15, 0.2) is 0 Å². The van der Waals surface area contributed by atoms with E-state index in [0.29, 0.717) is 12.1 Å². The summed E-state index contributed by atoms with van der Waals surface area (Å²) in [5, 5.41) is 3.79. The zero-order valence-corrected chi connectivity index (χ0v) is 12.5. The summed E-state index contributed by atoms with van der Waals surface area (Å²) < 4.78 is 13.8. The van der Waals surface area contributed by atoms with Gasteiger partial charge in [-0.1, -0.05) is 37.8 Å². The van der Waals surface area contributed by atoms with Crippen LogP contribution in [0.25, 0.3) is 0 Å². The van der Waals surface area contributed by atoms with Gasteiger partial charge in [-0.15, -0.1) is 0 Å². The zero-order chi connectivity index (χ0) is 13.9. The smallest absolute Gasteiger partial charge is 0.126 e. The van der Waals surface area contributed by atoms with Crippen molar-refractivity contribution in [1.29, 1.82) is 0 Å². The van der Waals surface area contributed by atoms with E-state index in [1.54, 1.807) is 6.07 Å². The SMILES string of the molecule is C[C@@H](NC1CCc2c(F)cccc21)C1CCCCCC1. The predicted octanol–water partition coefficient (Wildman–Crippen LogP) is 4.76. The molecule has 1 nitrogen and oxygen atoms in total. The van der Waals surface area contributed by atoms with Gasteiger partial charge in [-0.3, -0.25) is 0 Å². The summed E-state index contributed by atoms with van der Waals surface area (Å²) in [6.07, 6.45) is 10.2. The van der Waals surface area contributed by atoms with E-state index < -0.39 is 0 Å². The van der Waals surface area contributed by atoms with E-state index in [4.69, 9.17) is 0 Å². The van der Waals surface area contributed by atoms with Crippen LogP contribution in [-0.2, 0) is 6.42 Å². The van der Waals surface area contributed by atoms with Crippen LogP contribution in [0.4, 0.5) is 4.39 Å². The Kier molecular flexibility index (Phi) is 4.40. The van der Waals surface area contributed by atoms with Crippen LogP contribution in [0.5, 0.6) is 0 Å². The largest absolute Gasteiger partial charge is 0.307 e. The number of hydrogen-bond acceptors (Lipinski definition) is 1. The summed E-state index contributed by atoms with van der Waals surface area (Å²) in [6.45, 7) is 2.33. The molecule has 1 aromatic rings. The Morgan fingerprint density at radius 1 is 1.10 bits per heavy atom. The quantitative estimate of drug-likeness (QED) is 0.784. The minimum atomic E-state index is -0.0195. The van der Waals surface area contributed by atoms with E-state index in [1.165, 1.54) is 44.1 Å². The molecule has 0 radical (unpaired) electrons. The van der Waals surface area contributed by atoms with Crippen molar-refractivity contribution < 1.29 is 4.39 Å². The maximum atomic E-state index is 13.8. The minimum Gasteiger partial charge on any atom is -0.307 e. The Balaban J connectivity index is 1.66. The van der Waals surface area contributed by atoms with Gasteiger partial charge < -0.3 is 5.32 Å². The lowest BCUT2D eigenvalue weighted by atomic mass is 9.92. The zero-order valence-electron chi connectivity index (χ0n) is 12.5. The molecule has 1 unspecified atom stereocenters. The maximum absolute atomic E-state index is 13.8. The molecule has 0 aromatic heterocycles. The second kappa shape index (κ2) is 6.26. The van der Waals surface area contributed by atoms with Crippen molar-refractivity contribution in [2.75, 3.05) is 0 Å². The van der Waals surface area contributed by atoms with Gasteiger partial charge in [0.25, 0.3) is 0 Å². The molecule has 0 bridgehead atoms. The van der Waals surface area contributed by atoms with E-state index in [-0.39, 0.29) is 5.82 Å². The number of benzene rings is 1. The summed E-state index contributed by atoms with van der Waals surface area (Å²) in [4.78, 5) is 0. The van der Waals surface area contributed by atoms with Gasteiger partial charge in [0.1, 0.15) is 5.82 Å². The van der Waals surface area contributed by atoms with E-state index >= 15 is 0 Å². The fraction of sp³-hybridized carbons (Fsp3) is 0.667. The molecule has 20 heavy (non-hydrogen) atoms. The van der Waals surface area contributed by atoms with Gasteiger partial charge in [0, 0.05) is 12.1 Å². The Hall–Kier alpha value is -0.890. The van der Waals surface area contributed by atoms with Gasteiger partial charge in [-0.2, -0.15) is 0 Å². The second-order valence-electron chi connectivity index (χ2n) is 6.61. The topological polar surface area (TPSA) is 12.0 Å². The third kappa shape index (κ3) is 2.90. The number of nitrogens with one attached hydrogen (secondary N) is 1. The maximum Gasteiger partial charge on any atom is 0.126 e. The van der Waals surface area contributed by atoms with Crippen LogP contribution >= 0.6 is 0 Å². The molecule has 1 aromatic carbocycles. The first-order valence-corrected chi connectivity index (χ1v) is 8.29. The van der Waals surface area contributed by atoms with Crippen molar-refractivity contribution in [3.63, 3.8) is 0 Å². The van der Waals surface area contributed by atoms with Crippen molar-refractivity contribution in [2.45, 2.75) is 70.4 Å². The van der Waals surface area contributed by atoms with Gasteiger partial charge in [0.05, 0.1) is 0 Å². The van der Waals surface area contributed by atoms with Gasteiger partial charge in [-0.25, -0.2) is 4.39 Å². The Morgan fingerprint density at radius 2 is 1.85 bits per heavy atom. The monoisotopic (exact) mass is 275 g/mol. The molecule has 1 saturated carbocycles. The Bertz CT molecular complexity index is 449. The molecule has 2 aliphatic carbocycles. The standard InChI is InChI=1S/C18H26FN/c1-13(14-7-4-2-3-5-8-14)20-18-12-11-15-16(18)9-6-10-17(15)19/h6,9-10,13-14,18,20H,2-5,7-8,11-12H2,1H3/t13-,18?/m1/s1. The first-order valence-electron chi connectivity index (χ1n) is 8.29. The average molecular weight is 275 g/mol. The van der Waals surface area contributed by atoms with Crippen molar-refractivity contribution in [2.24, 2.45) is 5.92 Å². The summed E-state index contributed by atoms with van der Waals surface area (Å²) in [5.41, 5.74) is 2.14. The second-order valence-corrected chi connectivity index (χ2v) is 6.61. The number of rotatable bonds is 3. The lowest BCUT2D eigenvalue weighted by molar-refractivity contribution is 0.309. The minimum absolute atomic E-state index is 0.0195. The van der Waals surface area contributed by atoms with E-state index in [9.17, 15) is 4.39 Å². The lowest BCUT2D eigenvalue weighted by Crippen LogP contribution is -2.35. The highest BCUT2D eigenvalue weighted by molar-refractivity contribution is 5.35. The fourth-order valence-corrected chi connectivity index (χ4v) is 4.05. The van der Waals surface area contributed by atoms with E-state index in [0.717, 1.165) is 24.3 Å². The lowest BCUT2D eigenvalue weighted by Gasteiger charge is -2.27. The third-order valence-corrected chi connectivity index (χ3v) is 5.28. The van der Waals surface area contributed by atoms with Crippen LogP contribution in [0.2, 0.25) is 0 Å². The fourth-order valence-electron chi connectivity index (χ4n) is 4.05. The summed E-state index contributed by atoms with van der Waals surface area (Å²) in [7, 11) is 0. The van der Waals surface area contributed by atoms with Crippen molar-refractivity contribution in [1.82, 2.24) is 5.32 Å². The van der Waals surface area contributed by atoms with Crippen LogP contribution in [-0.4, -0.2) is 6.04 Å². The molecular formula is C18H26FN. The molecule has 1 fully saturated rings. The Labute approximate surface area is 122 Å². The average Bonchev–Trinajstić information content (AvgIpc) is 2.69. The van der Waals surface area contributed by atoms with Gasteiger partial charge in [0.2, 0.25) is 0 Å². The summed E-state index contributed by atoms with van der Waals surface area (Å²) in [5.74, 6) is 0.782. The number of hydrogen-bond donors (Lipinski definition) is 1. The first-order chi connectivity index (χ1) is 9.75. The Morgan fingerprint density at radius 3 is 2.60 bits per heavy atom. The molecule has 0 spiro atoms. The first kappa shape index (κ1) is 14.1. The van der Waals surface area contributed by atoms with Crippen LogP contribution in [0.1, 0.15) is 69.0 Å². The molecule has 0 aliphatic heterocycles. The molecule has 3 rings (SSSR count). The van der Waals surface area contributed by atoms with E-state index in [2.05, 4.69) is 18.3 Å². The molecule has 2 heteroatoms. The third-order valence-electron chi connectivity index (χ3n) is 5.28. The molecule has 0 heterocycles. The summed E-state index contributed by atoms with van der Waals surface area (Å²) in [6, 6.07) is 6.45. The van der Waals surface area contributed by atoms with Crippen LogP contribution in [0.3, 0.4) is 0 Å². The highest BCUT2D eigenvalue weighted by Crippen LogP contribution is 2.34. The summed E-state index contributed by atoms with van der Waals surface area (Å²) >= 11 is 0. The molecule has 0 amide bonds. The van der Waals surface area contributed by atoms with Crippen molar-refractivity contribution in [3.05, 3.63) is 35.1 Å². The van der Waals surface area contributed by atoms with E-state index in [1.807, 2.05) is 6.07 Å². The van der Waals surface area contributed by atoms with Crippen molar-refractivity contribution in [3.8, 4) is 0 Å². The van der Waals surface area contributed by atoms with Crippen LogP contribution in [0, 0.1) is 11.7 Å². The number of halogens is 1. The highest BCUT2D eigenvalue weighted by atomic mass is 19.1. The predicted molar refractivity (Wildman–Crippen MR) is 81.3 cm³/mol. The molecule has 0 saturated heterocycles. The highest BCUT2D eigenvalue weighted by Gasteiger charge is 2.28. The molecular weight excluding hydrogens is 249 g/mol. The van der Waals surface area contributed by atoms with Gasteiger partial charge >= 0.3 is 0 Å². The molecule has 2 atom stereocenters. The van der Waals surface area contributed by atoms with Crippen LogP contribution in [0.15, 0.2) is 18.2 Å². The van der Waals surface area contributed by atoms with Crippen LogP contribution < -0.4 is 5.32 Å². The molecule has 2 aliphatic rings.